The number of fused-ring (bicyclic) bond motifs is 1. The number of hydrogen-bond acceptors (Lipinski definition) is 8. The van der Waals surface area contributed by atoms with E-state index in [1.165, 1.54) is 4.52 Å². The van der Waals surface area contributed by atoms with Gasteiger partial charge in [0.05, 0.1) is 23.9 Å². The van der Waals surface area contributed by atoms with E-state index < -0.39 is 5.56 Å². The fourth-order valence-corrected chi connectivity index (χ4v) is 5.50. The lowest BCUT2D eigenvalue weighted by molar-refractivity contribution is 0.309. The number of thiazole rings is 1. The number of benzene rings is 3. The molecule has 0 N–H and O–H groups in total. The molecule has 0 aliphatic rings. The molecule has 0 aliphatic heterocycles. The maximum atomic E-state index is 13.5. The summed E-state index contributed by atoms with van der Waals surface area (Å²) in [5.41, 5.74) is 3.47. The predicted octanol–water partition coefficient (Wildman–Crippen LogP) is 4.69. The van der Waals surface area contributed by atoms with Crippen LogP contribution in [0.3, 0.4) is 0 Å². The average Bonchev–Trinajstić information content (AvgIpc) is 3.59. The van der Waals surface area contributed by atoms with Gasteiger partial charge in [0, 0.05) is 23.7 Å². The van der Waals surface area contributed by atoms with E-state index in [1.807, 2.05) is 85.1 Å². The number of aromatic nitrogens is 5. The van der Waals surface area contributed by atoms with Crippen molar-refractivity contribution in [3.63, 3.8) is 0 Å². The van der Waals surface area contributed by atoms with Crippen LogP contribution in [-0.2, 0) is 6.42 Å². The van der Waals surface area contributed by atoms with Crippen LogP contribution in [0.4, 0.5) is 0 Å². The van der Waals surface area contributed by atoms with Crippen LogP contribution in [0.15, 0.2) is 94.6 Å². The minimum absolute atomic E-state index is 0.197. The molecule has 3 heterocycles. The van der Waals surface area contributed by atoms with E-state index in [2.05, 4.69) is 17.0 Å². The summed E-state index contributed by atoms with van der Waals surface area (Å²) < 4.78 is 14.4. The average molecular weight is 592 g/mol. The zero-order valence-corrected chi connectivity index (χ0v) is 24.6. The molecule has 0 amide bonds. The second-order valence-electron chi connectivity index (χ2n) is 9.94. The van der Waals surface area contributed by atoms with Crippen molar-refractivity contribution in [3.05, 3.63) is 127 Å². The first-order chi connectivity index (χ1) is 21.0. The maximum absolute atomic E-state index is 13.5. The molecule has 6 rings (SSSR count). The summed E-state index contributed by atoms with van der Waals surface area (Å²) in [6.07, 6.45) is 5.98. The van der Waals surface area contributed by atoms with Crippen molar-refractivity contribution in [2.24, 2.45) is 0 Å². The molecule has 0 unspecified atom stereocenters. The number of nitrogens with zero attached hydrogens (tertiary/aromatic N) is 5. The Kier molecular flexibility index (Phi) is 8.10. The Morgan fingerprint density at radius 2 is 1.65 bits per heavy atom. The van der Waals surface area contributed by atoms with Crippen LogP contribution in [0, 0.1) is 0 Å². The van der Waals surface area contributed by atoms with Gasteiger partial charge in [0.2, 0.25) is 4.96 Å². The molecule has 3 aromatic carbocycles. The monoisotopic (exact) mass is 591 g/mol. The molecule has 0 radical (unpaired) electrons. The van der Waals surface area contributed by atoms with E-state index >= 15 is 0 Å². The number of methoxy groups -OCH3 is 1. The SMILES string of the molecule is CCCCOc1ccc(-c2nn(-c3ccccc3)cc2C=c2sc3nc(=O)c(Cc4ccc(OC)cc4)nn3c2=O)cc1. The molecule has 0 bridgehead atoms. The molecule has 0 saturated heterocycles. The van der Waals surface area contributed by atoms with E-state index in [9.17, 15) is 9.59 Å². The van der Waals surface area contributed by atoms with Gasteiger partial charge >= 0.3 is 0 Å². The van der Waals surface area contributed by atoms with Crippen molar-refractivity contribution < 1.29 is 9.47 Å². The van der Waals surface area contributed by atoms with Gasteiger partial charge in [0.25, 0.3) is 11.1 Å². The fraction of sp³-hybridized carbons (Fsp3) is 0.182. The highest BCUT2D eigenvalue weighted by molar-refractivity contribution is 7.15. The van der Waals surface area contributed by atoms with Gasteiger partial charge < -0.3 is 9.47 Å². The van der Waals surface area contributed by atoms with Crippen molar-refractivity contribution >= 4 is 22.4 Å². The molecule has 10 heteroatoms. The largest absolute Gasteiger partial charge is 0.497 e. The summed E-state index contributed by atoms with van der Waals surface area (Å²) in [4.78, 5) is 30.7. The fourth-order valence-electron chi connectivity index (χ4n) is 4.60. The zero-order chi connectivity index (χ0) is 29.8. The Morgan fingerprint density at radius 3 is 2.37 bits per heavy atom. The lowest BCUT2D eigenvalue weighted by Crippen LogP contribution is -2.28. The molecule has 3 aromatic heterocycles. The molecule has 0 fully saturated rings. The minimum Gasteiger partial charge on any atom is -0.497 e. The van der Waals surface area contributed by atoms with Crippen molar-refractivity contribution in [3.8, 4) is 28.4 Å². The normalized spacial score (nSPS) is 11.7. The van der Waals surface area contributed by atoms with Crippen molar-refractivity contribution in [2.75, 3.05) is 13.7 Å². The second-order valence-corrected chi connectivity index (χ2v) is 10.9. The first-order valence-corrected chi connectivity index (χ1v) is 14.8. The van der Waals surface area contributed by atoms with E-state index in [4.69, 9.17) is 14.6 Å². The molecule has 0 aliphatic carbocycles. The van der Waals surface area contributed by atoms with Gasteiger partial charge in [0.1, 0.15) is 22.9 Å². The molecule has 0 saturated carbocycles. The number of para-hydroxylation sites is 1. The third-order valence-corrected chi connectivity index (χ3v) is 7.88. The first-order valence-electron chi connectivity index (χ1n) is 14.0. The van der Waals surface area contributed by atoms with Crippen LogP contribution in [0.25, 0.3) is 28.0 Å². The summed E-state index contributed by atoms with van der Waals surface area (Å²) in [5, 5.41) is 9.27. The van der Waals surface area contributed by atoms with Crippen LogP contribution in [0.5, 0.6) is 11.5 Å². The van der Waals surface area contributed by atoms with Gasteiger partial charge in [0.15, 0.2) is 0 Å². The van der Waals surface area contributed by atoms with Gasteiger partial charge in [-0.1, -0.05) is 55.0 Å². The molecular weight excluding hydrogens is 562 g/mol. The number of ether oxygens (including phenoxy) is 2. The van der Waals surface area contributed by atoms with Crippen LogP contribution < -0.4 is 25.1 Å². The summed E-state index contributed by atoms with van der Waals surface area (Å²) in [5.74, 6) is 1.51. The number of hydrogen-bond donors (Lipinski definition) is 0. The van der Waals surface area contributed by atoms with Crippen molar-refractivity contribution in [1.29, 1.82) is 0 Å². The lowest BCUT2D eigenvalue weighted by atomic mass is 10.1. The Hall–Kier alpha value is -5.09. The lowest BCUT2D eigenvalue weighted by Gasteiger charge is -2.06. The third kappa shape index (κ3) is 6.09. The summed E-state index contributed by atoms with van der Waals surface area (Å²) in [7, 11) is 1.59. The first kappa shape index (κ1) is 28.0. The highest BCUT2D eigenvalue weighted by atomic mass is 32.1. The van der Waals surface area contributed by atoms with Crippen LogP contribution in [0.2, 0.25) is 0 Å². The second kappa shape index (κ2) is 12.4. The summed E-state index contributed by atoms with van der Waals surface area (Å²) in [6, 6.07) is 24.9. The Balaban J connectivity index is 1.40. The quantitative estimate of drug-likeness (QED) is 0.213. The van der Waals surface area contributed by atoms with Gasteiger partial charge in [-0.15, -0.1) is 0 Å². The summed E-state index contributed by atoms with van der Waals surface area (Å²) >= 11 is 1.12. The van der Waals surface area contributed by atoms with Gasteiger partial charge in [-0.2, -0.15) is 19.7 Å². The zero-order valence-electron chi connectivity index (χ0n) is 23.8. The van der Waals surface area contributed by atoms with E-state index in [-0.39, 0.29) is 22.6 Å². The molecule has 43 heavy (non-hydrogen) atoms. The van der Waals surface area contributed by atoms with E-state index in [1.54, 1.807) is 17.9 Å². The van der Waals surface area contributed by atoms with Gasteiger partial charge in [-0.3, -0.25) is 9.59 Å². The van der Waals surface area contributed by atoms with Crippen molar-refractivity contribution in [1.82, 2.24) is 24.4 Å². The summed E-state index contributed by atoms with van der Waals surface area (Å²) in [6.45, 7) is 2.80. The number of rotatable bonds is 10. The highest BCUT2D eigenvalue weighted by Gasteiger charge is 2.15. The predicted molar refractivity (Wildman–Crippen MR) is 167 cm³/mol. The Morgan fingerprint density at radius 1 is 0.907 bits per heavy atom. The topological polar surface area (TPSA) is 101 Å². The molecule has 0 atom stereocenters. The van der Waals surface area contributed by atoms with Crippen LogP contribution in [0.1, 0.15) is 36.6 Å². The Labute approximate surface area is 251 Å². The van der Waals surface area contributed by atoms with E-state index in [0.717, 1.165) is 52.3 Å². The van der Waals surface area contributed by atoms with Gasteiger partial charge in [-0.25, -0.2) is 4.68 Å². The maximum Gasteiger partial charge on any atom is 0.296 e. The molecule has 9 nitrogen and oxygen atoms in total. The molecular formula is C33H29N5O4S. The Bertz CT molecular complexity index is 2030. The van der Waals surface area contributed by atoms with E-state index in [0.29, 0.717) is 22.6 Å². The molecule has 0 spiro atoms. The number of unbranched alkanes of at least 4 members (excludes halogenated alkanes) is 1. The highest BCUT2D eigenvalue weighted by Crippen LogP contribution is 2.26. The minimum atomic E-state index is -0.456. The van der Waals surface area contributed by atoms with Crippen molar-refractivity contribution in [2.45, 2.75) is 26.2 Å². The molecule has 6 aromatic rings. The smallest absolute Gasteiger partial charge is 0.296 e. The van der Waals surface area contributed by atoms with Crippen LogP contribution in [-0.4, -0.2) is 38.1 Å². The third-order valence-electron chi connectivity index (χ3n) is 6.93. The van der Waals surface area contributed by atoms with Gasteiger partial charge in [-0.05, 0) is 66.6 Å². The molecule has 216 valence electrons. The standard InChI is InChI=1S/C33H29N5O4S/c1-3-4-18-42-27-16-12-23(13-17-27)30-24(21-37(36-30)25-8-6-5-7-9-25)20-29-32(40)38-33(43-29)34-31(39)28(35-38)19-22-10-14-26(41-2)15-11-22/h5-17,20-21H,3-4,18-19H2,1-2H3. The van der Waals surface area contributed by atoms with Crippen LogP contribution >= 0.6 is 11.3 Å².